The monoisotopic (exact) mass is 541 g/mol. The maximum absolute atomic E-state index is 16.2. The molecule has 4 atom stereocenters. The third-order valence-electron chi connectivity index (χ3n) is 7.50. The lowest BCUT2D eigenvalue weighted by Gasteiger charge is -2.55. The predicted molar refractivity (Wildman–Crippen MR) is 133 cm³/mol. The molecule has 11 nitrogen and oxygen atoms in total. The van der Waals surface area contributed by atoms with Crippen molar-refractivity contribution in [3.05, 3.63) is 28.5 Å². The number of nitrogens with zero attached hydrogens (tertiary/aromatic N) is 4. The molecular weight excluding hydrogens is 517 g/mol. The highest BCUT2D eigenvalue weighted by molar-refractivity contribution is 7.17. The summed E-state index contributed by atoms with van der Waals surface area (Å²) >= 11 is 1.10. The van der Waals surface area contributed by atoms with E-state index in [1.165, 1.54) is 11.1 Å². The van der Waals surface area contributed by atoms with Crippen LogP contribution in [0.2, 0.25) is 0 Å². The van der Waals surface area contributed by atoms with Crippen molar-refractivity contribution in [2.75, 3.05) is 25.5 Å². The van der Waals surface area contributed by atoms with Gasteiger partial charge in [0.05, 0.1) is 41.9 Å². The number of carbonyl (C=O) groups excluding carboxylic acids is 4. The molecule has 38 heavy (non-hydrogen) atoms. The second-order valence-corrected chi connectivity index (χ2v) is 11.2. The summed E-state index contributed by atoms with van der Waals surface area (Å²) in [7, 11) is 3.25. The number of nitrogens with one attached hydrogen (secondary N) is 1. The largest absolute Gasteiger partial charge is 0.372 e. The van der Waals surface area contributed by atoms with Crippen molar-refractivity contribution in [3.63, 3.8) is 0 Å². The fourth-order valence-corrected chi connectivity index (χ4v) is 6.94. The number of amides is 3. The minimum Gasteiger partial charge on any atom is -0.372 e. The molecule has 2 aromatic heterocycles. The quantitative estimate of drug-likeness (QED) is 0.381. The van der Waals surface area contributed by atoms with Crippen molar-refractivity contribution in [1.82, 2.24) is 20.4 Å². The first-order valence-corrected chi connectivity index (χ1v) is 12.9. The number of imide groups is 1. The van der Waals surface area contributed by atoms with E-state index in [1.807, 2.05) is 6.92 Å². The van der Waals surface area contributed by atoms with Gasteiger partial charge in [-0.1, -0.05) is 5.16 Å². The van der Waals surface area contributed by atoms with Crippen LogP contribution < -0.4 is 10.2 Å². The van der Waals surface area contributed by atoms with Gasteiger partial charge in [-0.2, -0.15) is 0 Å². The molecule has 2 saturated heterocycles. The molecule has 1 unspecified atom stereocenters. The van der Waals surface area contributed by atoms with Gasteiger partial charge in [0.15, 0.2) is 17.3 Å². The number of piperidine rings is 1. The Morgan fingerprint density at radius 2 is 2.05 bits per heavy atom. The normalized spacial score (nSPS) is 26.9. The molecule has 2 fully saturated rings. The number of fused-ring (bicyclic) bond motifs is 5. The van der Waals surface area contributed by atoms with Crippen LogP contribution in [0.4, 0.5) is 10.1 Å². The zero-order valence-corrected chi connectivity index (χ0v) is 21.8. The van der Waals surface area contributed by atoms with Crippen LogP contribution >= 0.6 is 11.3 Å². The highest BCUT2D eigenvalue weighted by Gasteiger charge is 2.62. The van der Waals surface area contributed by atoms with Crippen LogP contribution in [0.15, 0.2) is 16.8 Å². The third kappa shape index (κ3) is 3.34. The molecule has 0 radical (unpaired) electrons. The highest BCUT2D eigenvalue weighted by atomic mass is 32.1. The van der Waals surface area contributed by atoms with E-state index < -0.39 is 47.4 Å². The first kappa shape index (κ1) is 24.6. The Bertz CT molecular complexity index is 1530. The maximum atomic E-state index is 16.2. The third-order valence-corrected chi connectivity index (χ3v) is 8.49. The molecule has 3 aliphatic heterocycles. The molecule has 0 bridgehead atoms. The summed E-state index contributed by atoms with van der Waals surface area (Å²) in [5, 5.41) is 7.06. The maximum Gasteiger partial charge on any atom is 0.265 e. The zero-order valence-electron chi connectivity index (χ0n) is 21.0. The molecule has 5 heterocycles. The smallest absolute Gasteiger partial charge is 0.265 e. The van der Waals surface area contributed by atoms with Crippen molar-refractivity contribution in [1.29, 1.82) is 0 Å². The molecule has 0 aliphatic carbocycles. The summed E-state index contributed by atoms with van der Waals surface area (Å²) in [6.45, 7) is 3.80. The Labute approximate surface area is 219 Å². The Kier molecular flexibility index (Phi) is 5.44. The number of ketones is 1. The SMILES string of the molecule is C[C@@H]1CN2c3c(cc4c(-c5ncc(C(=O)N(C)C)s5)noc4c3F)CC3(C(=O)CC(=O)NC3=O)[C@H]2[C@H](C)O1. The van der Waals surface area contributed by atoms with Crippen LogP contribution in [-0.4, -0.2) is 77.4 Å². The van der Waals surface area contributed by atoms with E-state index in [9.17, 15) is 19.2 Å². The molecular formula is C25H24FN5O6S. The van der Waals surface area contributed by atoms with Crippen LogP contribution in [-0.2, 0) is 25.5 Å². The van der Waals surface area contributed by atoms with Crippen LogP contribution in [0.1, 0.15) is 35.5 Å². The molecule has 3 aliphatic rings. The van der Waals surface area contributed by atoms with E-state index in [-0.39, 0.29) is 41.9 Å². The summed E-state index contributed by atoms with van der Waals surface area (Å²) in [4.78, 5) is 59.0. The Hall–Kier alpha value is -3.71. The van der Waals surface area contributed by atoms with Crippen LogP contribution in [0.25, 0.3) is 21.7 Å². The average Bonchev–Trinajstić information content (AvgIpc) is 3.48. The van der Waals surface area contributed by atoms with Gasteiger partial charge in [0.25, 0.3) is 5.91 Å². The number of halogens is 1. The molecule has 0 saturated carbocycles. The lowest BCUT2D eigenvalue weighted by atomic mass is 9.63. The topological polar surface area (TPSA) is 135 Å². The fraction of sp³-hybridized carbons (Fsp3) is 0.440. The van der Waals surface area contributed by atoms with Gasteiger partial charge in [-0.3, -0.25) is 24.5 Å². The lowest BCUT2D eigenvalue weighted by molar-refractivity contribution is -0.158. The van der Waals surface area contributed by atoms with E-state index >= 15 is 4.39 Å². The summed E-state index contributed by atoms with van der Waals surface area (Å²) in [6.07, 6.45) is -0.0493. The number of morpholine rings is 1. The minimum absolute atomic E-state index is 0.0921. The highest BCUT2D eigenvalue weighted by Crippen LogP contribution is 2.50. The number of carbonyl (C=O) groups is 4. The van der Waals surface area contributed by atoms with Crippen LogP contribution in [0.3, 0.4) is 0 Å². The van der Waals surface area contributed by atoms with Gasteiger partial charge in [-0.05, 0) is 31.9 Å². The summed E-state index contributed by atoms with van der Waals surface area (Å²) in [5.41, 5.74) is -0.844. The lowest BCUT2D eigenvalue weighted by Crippen LogP contribution is -2.72. The van der Waals surface area contributed by atoms with E-state index in [0.29, 0.717) is 20.8 Å². The van der Waals surface area contributed by atoms with E-state index in [1.54, 1.807) is 32.0 Å². The first-order valence-electron chi connectivity index (χ1n) is 12.1. The Balaban J connectivity index is 1.54. The second-order valence-electron chi connectivity index (χ2n) is 10.2. The van der Waals surface area contributed by atoms with Crippen molar-refractivity contribution in [2.45, 2.75) is 44.9 Å². The minimum atomic E-state index is -1.63. The van der Waals surface area contributed by atoms with Gasteiger partial charge in [-0.15, -0.1) is 11.3 Å². The van der Waals surface area contributed by atoms with Crippen LogP contribution in [0.5, 0.6) is 0 Å². The van der Waals surface area contributed by atoms with E-state index in [0.717, 1.165) is 11.3 Å². The number of ether oxygens (including phenoxy) is 1. The molecule has 1 aromatic carbocycles. The molecule has 1 spiro atoms. The number of benzene rings is 1. The van der Waals surface area contributed by atoms with Gasteiger partial charge < -0.3 is 19.1 Å². The van der Waals surface area contributed by atoms with Gasteiger partial charge in [0.2, 0.25) is 17.4 Å². The number of rotatable bonds is 2. The van der Waals surface area contributed by atoms with Gasteiger partial charge >= 0.3 is 0 Å². The molecule has 3 aromatic rings. The first-order chi connectivity index (χ1) is 18.0. The summed E-state index contributed by atoms with van der Waals surface area (Å²) < 4.78 is 27.7. The molecule has 1 N–H and O–H groups in total. The number of Topliss-reactive ketones (excluding diaryl/α,β-unsaturated/α-hetero) is 1. The molecule has 13 heteroatoms. The fourth-order valence-electron chi connectivity index (χ4n) is 6.00. The molecule has 3 amide bonds. The standard InChI is InChI=1S/C25H24FN5O6S/c1-10-9-31-19-12(7-25(21(31)11(2)36-10)15(32)6-16(33)28-24(25)35)5-13-18(29-37-20(13)17(19)26)22-27-8-14(38-22)23(34)30(3)4/h5,8,10-11,21H,6-7,9H2,1-4H3,(H,28,33,35)/t10-,11+,21-,25?/m1/s1. The van der Waals surface area contributed by atoms with Crippen LogP contribution in [0, 0.1) is 11.2 Å². The summed E-state index contributed by atoms with van der Waals surface area (Å²) in [6, 6.07) is 0.841. The zero-order chi connectivity index (χ0) is 27.1. The van der Waals surface area contributed by atoms with E-state index in [2.05, 4.69) is 15.5 Å². The van der Waals surface area contributed by atoms with Crippen molar-refractivity contribution in [3.8, 4) is 10.7 Å². The average molecular weight is 542 g/mol. The van der Waals surface area contributed by atoms with Crippen molar-refractivity contribution in [2.24, 2.45) is 5.41 Å². The Morgan fingerprint density at radius 3 is 2.76 bits per heavy atom. The number of hydrogen-bond donors (Lipinski definition) is 1. The number of anilines is 1. The van der Waals surface area contributed by atoms with E-state index in [4.69, 9.17) is 9.26 Å². The number of aromatic nitrogens is 2. The second kappa shape index (κ2) is 8.40. The number of thiazole rings is 1. The van der Waals surface area contributed by atoms with Gasteiger partial charge in [-0.25, -0.2) is 9.37 Å². The van der Waals surface area contributed by atoms with Gasteiger partial charge in [0.1, 0.15) is 15.3 Å². The number of hydrogen-bond acceptors (Lipinski definition) is 10. The van der Waals surface area contributed by atoms with Gasteiger partial charge in [0, 0.05) is 20.6 Å². The Morgan fingerprint density at radius 1 is 1.29 bits per heavy atom. The molecule has 6 rings (SSSR count). The molecule has 198 valence electrons. The summed E-state index contributed by atoms with van der Waals surface area (Å²) in [5.74, 6) is -2.78. The van der Waals surface area contributed by atoms with Crippen molar-refractivity contribution >= 4 is 51.5 Å². The van der Waals surface area contributed by atoms with Crippen molar-refractivity contribution < 1.29 is 32.8 Å². The predicted octanol–water partition coefficient (Wildman–Crippen LogP) is 1.93.